The van der Waals surface area contributed by atoms with E-state index in [9.17, 15) is 9.59 Å². The Morgan fingerprint density at radius 1 is 1.00 bits per heavy atom. The largest absolute Gasteiger partial charge is 0.457 e. The summed E-state index contributed by atoms with van der Waals surface area (Å²) in [5, 5.41) is 6.25. The molecule has 0 spiro atoms. The van der Waals surface area contributed by atoms with Crippen molar-refractivity contribution in [2.24, 2.45) is 5.92 Å². The van der Waals surface area contributed by atoms with Crippen molar-refractivity contribution in [2.75, 3.05) is 10.6 Å². The van der Waals surface area contributed by atoms with Gasteiger partial charge in [-0.05, 0) is 55.0 Å². The maximum absolute atomic E-state index is 12.2. The minimum atomic E-state index is -0.307. The summed E-state index contributed by atoms with van der Waals surface area (Å²) in [6, 6.07) is 16.3. The number of carbonyl (C=O) groups is 2. The summed E-state index contributed by atoms with van der Waals surface area (Å²) >= 11 is 6.17. The highest BCUT2D eigenvalue weighted by molar-refractivity contribution is 6.31. The van der Waals surface area contributed by atoms with Crippen LogP contribution in [0.15, 0.2) is 65.1 Å². The van der Waals surface area contributed by atoms with Crippen LogP contribution in [0.2, 0.25) is 5.02 Å². The molecule has 0 unspecified atom stereocenters. The molecule has 0 fully saturated rings. The van der Waals surface area contributed by atoms with Gasteiger partial charge in [-0.25, -0.2) is 0 Å². The second-order valence-electron chi connectivity index (χ2n) is 7.21. The first-order valence-corrected chi connectivity index (χ1v) is 9.96. The third kappa shape index (κ3) is 5.61. The Kier molecular flexibility index (Phi) is 6.75. The van der Waals surface area contributed by atoms with Crippen LogP contribution in [-0.4, -0.2) is 11.8 Å². The van der Waals surface area contributed by atoms with Crippen LogP contribution in [0.3, 0.4) is 0 Å². The maximum Gasteiger partial charge on any atom is 0.248 e. The number of hydrogen-bond acceptors (Lipinski definition) is 3. The van der Waals surface area contributed by atoms with Crippen molar-refractivity contribution in [2.45, 2.75) is 20.8 Å². The lowest BCUT2D eigenvalue weighted by Crippen LogP contribution is -2.17. The van der Waals surface area contributed by atoms with Crippen LogP contribution in [0.25, 0.3) is 17.4 Å². The van der Waals surface area contributed by atoms with E-state index in [0.717, 1.165) is 11.1 Å². The number of anilines is 2. The Bertz CT molecular complexity index is 1100. The van der Waals surface area contributed by atoms with Crippen LogP contribution in [0.1, 0.15) is 25.2 Å². The van der Waals surface area contributed by atoms with Gasteiger partial charge in [0.1, 0.15) is 11.5 Å². The molecule has 2 aromatic carbocycles. The van der Waals surface area contributed by atoms with Gasteiger partial charge < -0.3 is 15.1 Å². The van der Waals surface area contributed by atoms with E-state index in [2.05, 4.69) is 10.6 Å². The van der Waals surface area contributed by atoms with Gasteiger partial charge in [0.05, 0.1) is 0 Å². The average molecular weight is 423 g/mol. The molecule has 0 saturated heterocycles. The Morgan fingerprint density at radius 3 is 2.43 bits per heavy atom. The van der Waals surface area contributed by atoms with Gasteiger partial charge in [0.25, 0.3) is 0 Å². The zero-order valence-corrected chi connectivity index (χ0v) is 17.8. The lowest BCUT2D eigenvalue weighted by molar-refractivity contribution is -0.119. The van der Waals surface area contributed by atoms with E-state index in [0.29, 0.717) is 27.9 Å². The van der Waals surface area contributed by atoms with E-state index in [4.69, 9.17) is 16.0 Å². The molecule has 0 aliphatic heterocycles. The van der Waals surface area contributed by atoms with Crippen molar-refractivity contribution >= 4 is 40.9 Å². The topological polar surface area (TPSA) is 71.3 Å². The first kappa shape index (κ1) is 21.4. The predicted molar refractivity (Wildman–Crippen MR) is 121 cm³/mol. The molecular weight excluding hydrogens is 400 g/mol. The zero-order chi connectivity index (χ0) is 21.7. The fourth-order valence-electron chi connectivity index (χ4n) is 2.65. The quantitative estimate of drug-likeness (QED) is 0.467. The highest BCUT2D eigenvalue weighted by Gasteiger charge is 2.08. The van der Waals surface area contributed by atoms with Gasteiger partial charge in [0.15, 0.2) is 0 Å². The molecule has 0 aliphatic rings. The minimum Gasteiger partial charge on any atom is -0.457 e. The normalized spacial score (nSPS) is 11.1. The summed E-state index contributed by atoms with van der Waals surface area (Å²) in [5.74, 6) is 0.709. The Hall–Kier alpha value is -3.31. The molecule has 0 aliphatic carbocycles. The summed E-state index contributed by atoms with van der Waals surface area (Å²) in [4.78, 5) is 24.1. The van der Waals surface area contributed by atoms with E-state index in [1.807, 2.05) is 45.0 Å². The average Bonchev–Trinajstić information content (AvgIpc) is 3.18. The summed E-state index contributed by atoms with van der Waals surface area (Å²) in [6.45, 7) is 5.58. The van der Waals surface area contributed by atoms with E-state index in [-0.39, 0.29) is 17.7 Å². The number of nitrogens with one attached hydrogen (secondary N) is 2. The molecule has 0 atom stereocenters. The molecule has 1 aromatic heterocycles. The second-order valence-corrected chi connectivity index (χ2v) is 7.62. The first-order chi connectivity index (χ1) is 14.3. The number of benzene rings is 2. The fourth-order valence-corrected chi connectivity index (χ4v) is 2.83. The van der Waals surface area contributed by atoms with Crippen molar-refractivity contribution < 1.29 is 14.0 Å². The van der Waals surface area contributed by atoms with E-state index in [1.54, 1.807) is 36.4 Å². The lowest BCUT2D eigenvalue weighted by Gasteiger charge is -2.09. The molecule has 0 saturated carbocycles. The Labute approximate surface area is 180 Å². The van der Waals surface area contributed by atoms with Gasteiger partial charge in [-0.1, -0.05) is 43.6 Å². The van der Waals surface area contributed by atoms with Gasteiger partial charge in [-0.15, -0.1) is 0 Å². The highest BCUT2D eigenvalue weighted by Crippen LogP contribution is 2.27. The molecule has 30 heavy (non-hydrogen) atoms. The number of rotatable bonds is 6. The maximum atomic E-state index is 12.2. The van der Waals surface area contributed by atoms with Crippen LogP contribution in [0.4, 0.5) is 11.4 Å². The second kappa shape index (κ2) is 9.46. The van der Waals surface area contributed by atoms with Crippen molar-refractivity contribution in [3.05, 3.63) is 77.0 Å². The van der Waals surface area contributed by atoms with E-state index >= 15 is 0 Å². The number of halogens is 1. The smallest absolute Gasteiger partial charge is 0.248 e. The van der Waals surface area contributed by atoms with Crippen molar-refractivity contribution in [3.8, 4) is 11.3 Å². The van der Waals surface area contributed by atoms with Crippen LogP contribution in [0.5, 0.6) is 0 Å². The van der Waals surface area contributed by atoms with Crippen molar-refractivity contribution in [1.29, 1.82) is 0 Å². The molecule has 6 heteroatoms. The van der Waals surface area contributed by atoms with Crippen LogP contribution >= 0.6 is 11.6 Å². The van der Waals surface area contributed by atoms with Gasteiger partial charge in [-0.2, -0.15) is 0 Å². The fraction of sp³-hybridized carbons (Fsp3) is 0.167. The predicted octanol–water partition coefficient (Wildman–Crippen LogP) is 6.15. The van der Waals surface area contributed by atoms with Crippen LogP contribution in [-0.2, 0) is 9.59 Å². The van der Waals surface area contributed by atoms with Crippen LogP contribution < -0.4 is 10.6 Å². The van der Waals surface area contributed by atoms with Gasteiger partial charge in [0.2, 0.25) is 11.8 Å². The Morgan fingerprint density at radius 2 is 1.73 bits per heavy atom. The van der Waals surface area contributed by atoms with Gasteiger partial charge in [0, 0.05) is 34.0 Å². The number of carbonyl (C=O) groups excluding carboxylic acids is 2. The summed E-state index contributed by atoms with van der Waals surface area (Å²) in [5.41, 5.74) is 3.08. The molecule has 3 rings (SSSR count). The number of hydrogen-bond donors (Lipinski definition) is 2. The monoisotopic (exact) mass is 422 g/mol. The molecule has 3 aromatic rings. The summed E-state index contributed by atoms with van der Waals surface area (Å²) in [7, 11) is 0. The number of aryl methyl sites for hydroxylation is 1. The standard InChI is InChI=1S/C24H23ClN2O3/c1-15(2)24(29)27-19-6-4-5-18(14-19)26-23(28)12-10-20-9-11-22(30-20)17-8-7-16(3)21(25)13-17/h4-15H,1-3H3,(H,26,28)(H,27,29)/b12-10+. The molecule has 154 valence electrons. The van der Waals surface area contributed by atoms with Gasteiger partial charge in [-0.3, -0.25) is 9.59 Å². The summed E-state index contributed by atoms with van der Waals surface area (Å²) in [6.07, 6.45) is 2.99. The molecule has 1 heterocycles. The highest BCUT2D eigenvalue weighted by atomic mass is 35.5. The van der Waals surface area contributed by atoms with Crippen molar-refractivity contribution in [3.63, 3.8) is 0 Å². The molecule has 0 bridgehead atoms. The molecular formula is C24H23ClN2O3. The van der Waals surface area contributed by atoms with E-state index in [1.165, 1.54) is 6.08 Å². The third-order valence-corrected chi connectivity index (χ3v) is 4.81. The van der Waals surface area contributed by atoms with E-state index < -0.39 is 0 Å². The number of amides is 2. The first-order valence-electron chi connectivity index (χ1n) is 9.58. The molecule has 2 amide bonds. The SMILES string of the molecule is Cc1ccc(-c2ccc(/C=C/C(=O)Nc3cccc(NC(=O)C(C)C)c3)o2)cc1Cl. The summed E-state index contributed by atoms with van der Waals surface area (Å²) < 4.78 is 5.78. The third-order valence-electron chi connectivity index (χ3n) is 4.40. The van der Waals surface area contributed by atoms with Crippen LogP contribution in [0, 0.1) is 12.8 Å². The van der Waals surface area contributed by atoms with Crippen molar-refractivity contribution in [1.82, 2.24) is 0 Å². The minimum absolute atomic E-state index is 0.0816. The lowest BCUT2D eigenvalue weighted by atomic mass is 10.1. The molecule has 0 radical (unpaired) electrons. The molecule has 5 nitrogen and oxygen atoms in total. The zero-order valence-electron chi connectivity index (χ0n) is 17.0. The van der Waals surface area contributed by atoms with Gasteiger partial charge >= 0.3 is 0 Å². The Balaban J connectivity index is 1.63. The molecule has 2 N–H and O–H groups in total. The number of furan rings is 1.